The Kier molecular flexibility index (Phi) is 4.05. The summed E-state index contributed by atoms with van der Waals surface area (Å²) in [4.78, 5) is 4.49. The van der Waals surface area contributed by atoms with Gasteiger partial charge >= 0.3 is 0 Å². The molecule has 106 valence electrons. The molecule has 3 rings (SSSR count). The van der Waals surface area contributed by atoms with E-state index in [0.29, 0.717) is 6.04 Å². The van der Waals surface area contributed by atoms with Gasteiger partial charge in [-0.1, -0.05) is 44.4 Å². The molecule has 2 aromatic rings. The maximum Gasteiger partial charge on any atom is 0.207 e. The van der Waals surface area contributed by atoms with Gasteiger partial charge in [-0.05, 0) is 30.9 Å². The van der Waals surface area contributed by atoms with Gasteiger partial charge < -0.3 is 5.32 Å². The predicted octanol–water partition coefficient (Wildman–Crippen LogP) is 4.25. The van der Waals surface area contributed by atoms with Gasteiger partial charge in [0.2, 0.25) is 5.95 Å². The van der Waals surface area contributed by atoms with Crippen molar-refractivity contribution in [3.63, 3.8) is 0 Å². The van der Waals surface area contributed by atoms with Gasteiger partial charge in [-0.25, -0.2) is 4.98 Å². The molecule has 20 heavy (non-hydrogen) atoms. The van der Waals surface area contributed by atoms with E-state index in [1.165, 1.54) is 32.1 Å². The summed E-state index contributed by atoms with van der Waals surface area (Å²) in [6, 6.07) is 11.0. The van der Waals surface area contributed by atoms with Crippen molar-refractivity contribution in [2.24, 2.45) is 5.92 Å². The molecule has 3 nitrogen and oxygen atoms in total. The molecule has 1 N–H and O–H groups in total. The van der Waals surface area contributed by atoms with Crippen molar-refractivity contribution in [3.05, 3.63) is 42.7 Å². The molecule has 1 aliphatic carbocycles. The summed E-state index contributed by atoms with van der Waals surface area (Å²) in [7, 11) is 0. The van der Waals surface area contributed by atoms with Gasteiger partial charge in [0, 0.05) is 24.1 Å². The van der Waals surface area contributed by atoms with Gasteiger partial charge in [-0.3, -0.25) is 4.57 Å². The molecule has 2 unspecified atom stereocenters. The second-order valence-corrected chi connectivity index (χ2v) is 5.74. The first-order valence-corrected chi connectivity index (χ1v) is 7.72. The predicted molar refractivity (Wildman–Crippen MR) is 83.2 cm³/mol. The van der Waals surface area contributed by atoms with Gasteiger partial charge in [0.05, 0.1) is 0 Å². The number of nitrogens with one attached hydrogen (secondary N) is 1. The van der Waals surface area contributed by atoms with Gasteiger partial charge in [0.25, 0.3) is 0 Å². The molecule has 1 saturated carbocycles. The number of aromatic nitrogens is 2. The molecule has 3 heteroatoms. The van der Waals surface area contributed by atoms with Crippen LogP contribution in [0.15, 0.2) is 42.7 Å². The minimum Gasteiger partial charge on any atom is -0.353 e. The average molecular weight is 269 g/mol. The largest absolute Gasteiger partial charge is 0.353 e. The Bertz CT molecular complexity index is 532. The fourth-order valence-electron chi connectivity index (χ4n) is 3.18. The van der Waals surface area contributed by atoms with E-state index in [9.17, 15) is 0 Å². The van der Waals surface area contributed by atoms with E-state index in [-0.39, 0.29) is 0 Å². The summed E-state index contributed by atoms with van der Waals surface area (Å²) in [5, 5.41) is 3.64. The third kappa shape index (κ3) is 2.87. The molecule has 1 aliphatic rings. The third-order valence-corrected chi connectivity index (χ3v) is 4.37. The van der Waals surface area contributed by atoms with Crippen LogP contribution in [-0.2, 0) is 0 Å². The fraction of sp³-hybridized carbons (Fsp3) is 0.471. The van der Waals surface area contributed by atoms with Crippen molar-refractivity contribution in [1.29, 1.82) is 0 Å². The first kappa shape index (κ1) is 13.2. The van der Waals surface area contributed by atoms with Crippen molar-refractivity contribution in [2.75, 3.05) is 5.32 Å². The number of nitrogens with zero attached hydrogens (tertiary/aromatic N) is 2. The van der Waals surface area contributed by atoms with Gasteiger partial charge in [0.1, 0.15) is 0 Å². The van der Waals surface area contributed by atoms with Crippen LogP contribution in [0.5, 0.6) is 0 Å². The number of rotatable bonds is 4. The summed E-state index contributed by atoms with van der Waals surface area (Å²) < 4.78 is 2.13. The minimum atomic E-state index is 0.568. The molecular formula is C17H23N3. The molecule has 0 aliphatic heterocycles. The average Bonchev–Trinajstić information content (AvgIpc) is 2.96. The highest BCUT2D eigenvalue weighted by atomic mass is 15.2. The van der Waals surface area contributed by atoms with Crippen LogP contribution < -0.4 is 5.32 Å². The van der Waals surface area contributed by atoms with Crippen molar-refractivity contribution in [3.8, 4) is 5.69 Å². The summed E-state index contributed by atoms with van der Waals surface area (Å²) >= 11 is 0. The molecular weight excluding hydrogens is 246 g/mol. The number of imidazole rings is 1. The summed E-state index contributed by atoms with van der Waals surface area (Å²) in [5.74, 6) is 1.85. The zero-order valence-corrected chi connectivity index (χ0v) is 12.1. The molecule has 0 spiro atoms. The minimum absolute atomic E-state index is 0.568. The number of para-hydroxylation sites is 1. The quantitative estimate of drug-likeness (QED) is 0.899. The van der Waals surface area contributed by atoms with Crippen molar-refractivity contribution in [1.82, 2.24) is 9.55 Å². The normalized spacial score (nSPS) is 22.6. The number of benzene rings is 1. The van der Waals surface area contributed by atoms with Crippen LogP contribution in [-0.4, -0.2) is 15.6 Å². The van der Waals surface area contributed by atoms with Gasteiger partial charge in [0.15, 0.2) is 0 Å². The van der Waals surface area contributed by atoms with E-state index >= 15 is 0 Å². The Morgan fingerprint density at radius 1 is 1.25 bits per heavy atom. The van der Waals surface area contributed by atoms with Crippen molar-refractivity contribution < 1.29 is 0 Å². The lowest BCUT2D eigenvalue weighted by Gasteiger charge is -2.29. The summed E-state index contributed by atoms with van der Waals surface area (Å²) in [5.41, 5.74) is 1.16. The standard InChI is InChI=1S/C17H23N3/c1-2-14-7-6-8-15(13-14)19-17-18-11-12-20(17)16-9-4-3-5-10-16/h3-5,9-12,14-15H,2,6-8,13H2,1H3,(H,18,19). The molecule has 2 atom stereocenters. The van der Waals surface area contributed by atoms with Crippen LogP contribution >= 0.6 is 0 Å². The summed E-state index contributed by atoms with van der Waals surface area (Å²) in [6.45, 7) is 2.30. The molecule has 1 heterocycles. The molecule has 0 amide bonds. The Labute approximate surface area is 121 Å². The molecule has 1 fully saturated rings. The first-order chi connectivity index (χ1) is 9.86. The Morgan fingerprint density at radius 3 is 2.90 bits per heavy atom. The van der Waals surface area contributed by atoms with E-state index in [4.69, 9.17) is 0 Å². The highest BCUT2D eigenvalue weighted by Gasteiger charge is 2.21. The highest BCUT2D eigenvalue weighted by molar-refractivity contribution is 5.42. The van der Waals surface area contributed by atoms with Crippen LogP contribution in [0.3, 0.4) is 0 Å². The fourth-order valence-corrected chi connectivity index (χ4v) is 3.18. The lowest BCUT2D eigenvalue weighted by atomic mass is 9.84. The Balaban J connectivity index is 1.74. The SMILES string of the molecule is CCC1CCCC(Nc2nccn2-c2ccccc2)C1. The Hall–Kier alpha value is -1.77. The van der Waals surface area contributed by atoms with E-state index in [1.807, 2.05) is 18.5 Å². The maximum absolute atomic E-state index is 4.49. The van der Waals surface area contributed by atoms with E-state index < -0.39 is 0 Å². The molecule has 0 saturated heterocycles. The molecule has 0 bridgehead atoms. The second-order valence-electron chi connectivity index (χ2n) is 5.74. The number of hydrogen-bond donors (Lipinski definition) is 1. The summed E-state index contributed by atoms with van der Waals surface area (Å²) in [6.07, 6.45) is 10.5. The third-order valence-electron chi connectivity index (χ3n) is 4.37. The van der Waals surface area contributed by atoms with Crippen LogP contribution in [0.2, 0.25) is 0 Å². The maximum atomic E-state index is 4.49. The van der Waals surface area contributed by atoms with E-state index in [1.54, 1.807) is 0 Å². The number of anilines is 1. The van der Waals surface area contributed by atoms with Crippen LogP contribution in [0.4, 0.5) is 5.95 Å². The van der Waals surface area contributed by atoms with E-state index in [2.05, 4.69) is 46.1 Å². The topological polar surface area (TPSA) is 29.9 Å². The first-order valence-electron chi connectivity index (χ1n) is 7.72. The zero-order chi connectivity index (χ0) is 13.8. The number of hydrogen-bond acceptors (Lipinski definition) is 2. The van der Waals surface area contributed by atoms with Gasteiger partial charge in [-0.15, -0.1) is 0 Å². The van der Waals surface area contributed by atoms with Gasteiger partial charge in [-0.2, -0.15) is 0 Å². The molecule has 1 aromatic heterocycles. The van der Waals surface area contributed by atoms with Crippen LogP contribution in [0, 0.1) is 5.92 Å². The lowest BCUT2D eigenvalue weighted by molar-refractivity contribution is 0.326. The van der Waals surface area contributed by atoms with Crippen molar-refractivity contribution >= 4 is 5.95 Å². The zero-order valence-electron chi connectivity index (χ0n) is 12.1. The second kappa shape index (κ2) is 6.12. The Morgan fingerprint density at radius 2 is 2.10 bits per heavy atom. The molecule has 0 radical (unpaired) electrons. The highest BCUT2D eigenvalue weighted by Crippen LogP contribution is 2.28. The smallest absolute Gasteiger partial charge is 0.207 e. The lowest BCUT2D eigenvalue weighted by Crippen LogP contribution is -2.28. The van der Waals surface area contributed by atoms with Crippen LogP contribution in [0.25, 0.3) is 5.69 Å². The molecule has 1 aromatic carbocycles. The van der Waals surface area contributed by atoms with Crippen molar-refractivity contribution in [2.45, 2.75) is 45.1 Å². The van der Waals surface area contributed by atoms with Crippen LogP contribution in [0.1, 0.15) is 39.0 Å². The monoisotopic (exact) mass is 269 g/mol. The van der Waals surface area contributed by atoms with E-state index in [0.717, 1.165) is 17.6 Å².